The van der Waals surface area contributed by atoms with Gasteiger partial charge in [-0.1, -0.05) is 23.2 Å². The van der Waals surface area contributed by atoms with Gasteiger partial charge in [0.15, 0.2) is 5.15 Å². The average Bonchev–Trinajstić information content (AvgIpc) is 2.36. The minimum absolute atomic E-state index is 0.204. The number of methoxy groups -OCH3 is 1. The molecule has 0 saturated heterocycles. The summed E-state index contributed by atoms with van der Waals surface area (Å²) in [6.07, 6.45) is 1.32. The zero-order valence-corrected chi connectivity index (χ0v) is 12.2. The Kier molecular flexibility index (Phi) is 4.12. The van der Waals surface area contributed by atoms with Gasteiger partial charge in [-0.15, -0.1) is 0 Å². The van der Waals surface area contributed by atoms with Gasteiger partial charge in [0, 0.05) is 5.02 Å². The molecular weight excluding hydrogens is 287 g/mol. The van der Waals surface area contributed by atoms with Crippen LogP contribution in [0.3, 0.4) is 0 Å². The van der Waals surface area contributed by atoms with E-state index in [0.717, 1.165) is 16.1 Å². The Morgan fingerprint density at radius 1 is 1.05 bits per heavy atom. The monoisotopic (exact) mass is 298 g/mol. The van der Waals surface area contributed by atoms with Crippen molar-refractivity contribution in [3.8, 4) is 17.4 Å². The minimum atomic E-state index is 0.204. The SMILES string of the molecule is COc1c(Cl)ncnc1Oc1cc(C)c(Cl)c(C)c1. The molecule has 1 aromatic heterocycles. The van der Waals surface area contributed by atoms with Gasteiger partial charge in [0.05, 0.1) is 7.11 Å². The molecule has 0 atom stereocenters. The smallest absolute Gasteiger partial charge is 0.267 e. The summed E-state index contributed by atoms with van der Waals surface area (Å²) in [5.41, 5.74) is 1.85. The molecule has 0 bridgehead atoms. The van der Waals surface area contributed by atoms with Crippen LogP contribution in [0, 0.1) is 13.8 Å². The van der Waals surface area contributed by atoms with Crippen LogP contribution >= 0.6 is 23.2 Å². The Morgan fingerprint density at radius 3 is 2.26 bits per heavy atom. The van der Waals surface area contributed by atoms with Crippen molar-refractivity contribution in [1.82, 2.24) is 9.97 Å². The van der Waals surface area contributed by atoms with Crippen molar-refractivity contribution in [3.05, 3.63) is 39.8 Å². The predicted octanol–water partition coefficient (Wildman–Crippen LogP) is 4.20. The standard InChI is InChI=1S/C13H12Cl2N2O2/c1-7-4-9(5-8(2)10(7)14)19-13-11(18-3)12(15)16-6-17-13/h4-6H,1-3H3. The summed E-state index contributed by atoms with van der Waals surface area (Å²) in [4.78, 5) is 7.84. The summed E-state index contributed by atoms with van der Waals surface area (Å²) in [6.45, 7) is 3.82. The van der Waals surface area contributed by atoms with Gasteiger partial charge in [-0.25, -0.2) is 4.98 Å². The molecule has 4 nitrogen and oxygen atoms in total. The zero-order chi connectivity index (χ0) is 14.0. The molecule has 0 saturated carbocycles. The molecule has 0 unspecified atom stereocenters. The van der Waals surface area contributed by atoms with E-state index < -0.39 is 0 Å². The molecule has 0 aliphatic heterocycles. The van der Waals surface area contributed by atoms with E-state index in [1.807, 2.05) is 26.0 Å². The Hall–Kier alpha value is -1.52. The molecular formula is C13H12Cl2N2O2. The van der Waals surface area contributed by atoms with E-state index in [9.17, 15) is 0 Å². The molecule has 2 rings (SSSR count). The molecule has 1 aromatic carbocycles. The van der Waals surface area contributed by atoms with Gasteiger partial charge in [0.25, 0.3) is 5.88 Å². The number of halogens is 2. The molecule has 0 aliphatic carbocycles. The number of aromatic nitrogens is 2. The Balaban J connectivity index is 2.39. The van der Waals surface area contributed by atoms with Gasteiger partial charge in [-0.05, 0) is 37.1 Å². The summed E-state index contributed by atoms with van der Waals surface area (Å²) < 4.78 is 10.8. The zero-order valence-electron chi connectivity index (χ0n) is 10.7. The highest BCUT2D eigenvalue weighted by Crippen LogP contribution is 2.35. The van der Waals surface area contributed by atoms with Crippen molar-refractivity contribution in [2.75, 3.05) is 7.11 Å². The van der Waals surface area contributed by atoms with Crippen LogP contribution in [0.4, 0.5) is 0 Å². The highest BCUT2D eigenvalue weighted by molar-refractivity contribution is 6.32. The van der Waals surface area contributed by atoms with Crippen LogP contribution in [0.15, 0.2) is 18.5 Å². The molecule has 100 valence electrons. The van der Waals surface area contributed by atoms with Gasteiger partial charge in [0.2, 0.25) is 5.75 Å². The Labute approximate surface area is 121 Å². The van der Waals surface area contributed by atoms with Crippen LogP contribution in [-0.4, -0.2) is 17.1 Å². The van der Waals surface area contributed by atoms with Crippen molar-refractivity contribution < 1.29 is 9.47 Å². The fourth-order valence-corrected chi connectivity index (χ4v) is 1.97. The van der Waals surface area contributed by atoms with Gasteiger partial charge >= 0.3 is 0 Å². The third-order valence-electron chi connectivity index (χ3n) is 2.56. The van der Waals surface area contributed by atoms with E-state index in [0.29, 0.717) is 11.5 Å². The molecule has 6 heteroatoms. The second-order valence-corrected chi connectivity index (χ2v) is 4.71. The maximum Gasteiger partial charge on any atom is 0.267 e. The fourth-order valence-electron chi connectivity index (χ4n) is 1.66. The number of ether oxygens (including phenoxy) is 2. The number of hydrogen-bond acceptors (Lipinski definition) is 4. The minimum Gasteiger partial charge on any atom is -0.489 e. The first-order valence-electron chi connectivity index (χ1n) is 5.52. The molecule has 19 heavy (non-hydrogen) atoms. The highest BCUT2D eigenvalue weighted by atomic mass is 35.5. The maximum atomic E-state index is 6.11. The molecule has 0 amide bonds. The van der Waals surface area contributed by atoms with Gasteiger partial charge in [-0.2, -0.15) is 4.98 Å². The third kappa shape index (κ3) is 2.91. The second-order valence-electron chi connectivity index (χ2n) is 3.98. The normalized spacial score (nSPS) is 10.4. The quantitative estimate of drug-likeness (QED) is 0.797. The molecule has 1 heterocycles. The lowest BCUT2D eigenvalue weighted by Gasteiger charge is -2.11. The number of nitrogens with zero attached hydrogens (tertiary/aromatic N) is 2. The molecule has 0 aliphatic rings. The molecule has 0 fully saturated rings. The summed E-state index contributed by atoms with van der Waals surface area (Å²) in [5, 5.41) is 0.926. The lowest BCUT2D eigenvalue weighted by molar-refractivity contribution is 0.367. The van der Waals surface area contributed by atoms with E-state index in [4.69, 9.17) is 32.7 Å². The first-order chi connectivity index (χ1) is 9.02. The molecule has 0 spiro atoms. The van der Waals surface area contributed by atoms with Crippen molar-refractivity contribution >= 4 is 23.2 Å². The summed E-state index contributed by atoms with van der Waals surface area (Å²) >= 11 is 12.0. The molecule has 0 N–H and O–H groups in total. The summed E-state index contributed by atoms with van der Waals surface area (Å²) in [6, 6.07) is 3.65. The van der Waals surface area contributed by atoms with Crippen LogP contribution < -0.4 is 9.47 Å². The lowest BCUT2D eigenvalue weighted by atomic mass is 10.1. The fraction of sp³-hybridized carbons (Fsp3) is 0.231. The number of benzene rings is 1. The van der Waals surface area contributed by atoms with Crippen LogP contribution in [-0.2, 0) is 0 Å². The largest absolute Gasteiger partial charge is 0.489 e. The van der Waals surface area contributed by atoms with Crippen molar-refractivity contribution in [2.45, 2.75) is 13.8 Å². The van der Waals surface area contributed by atoms with Crippen molar-refractivity contribution in [1.29, 1.82) is 0 Å². The van der Waals surface area contributed by atoms with E-state index in [1.54, 1.807) is 0 Å². The first kappa shape index (κ1) is 13.9. The predicted molar refractivity (Wildman–Crippen MR) is 74.6 cm³/mol. The van der Waals surface area contributed by atoms with E-state index >= 15 is 0 Å². The first-order valence-corrected chi connectivity index (χ1v) is 6.27. The van der Waals surface area contributed by atoms with E-state index in [-0.39, 0.29) is 11.0 Å². The van der Waals surface area contributed by atoms with Gasteiger partial charge in [0.1, 0.15) is 12.1 Å². The number of aryl methyl sites for hydroxylation is 2. The highest BCUT2D eigenvalue weighted by Gasteiger charge is 2.13. The average molecular weight is 299 g/mol. The van der Waals surface area contributed by atoms with Crippen molar-refractivity contribution in [2.24, 2.45) is 0 Å². The third-order valence-corrected chi connectivity index (χ3v) is 3.42. The van der Waals surface area contributed by atoms with E-state index in [1.165, 1.54) is 13.4 Å². The van der Waals surface area contributed by atoms with Crippen molar-refractivity contribution in [3.63, 3.8) is 0 Å². The number of hydrogen-bond donors (Lipinski definition) is 0. The topological polar surface area (TPSA) is 44.2 Å². The second kappa shape index (κ2) is 5.63. The van der Waals surface area contributed by atoms with Gasteiger partial charge < -0.3 is 9.47 Å². The Bertz CT molecular complexity index is 595. The molecule has 2 aromatic rings. The number of rotatable bonds is 3. The lowest BCUT2D eigenvalue weighted by Crippen LogP contribution is -1.96. The van der Waals surface area contributed by atoms with Crippen LogP contribution in [0.25, 0.3) is 0 Å². The van der Waals surface area contributed by atoms with Crippen LogP contribution in [0.2, 0.25) is 10.2 Å². The van der Waals surface area contributed by atoms with Crippen LogP contribution in [0.5, 0.6) is 17.4 Å². The van der Waals surface area contributed by atoms with E-state index in [2.05, 4.69) is 9.97 Å². The van der Waals surface area contributed by atoms with Crippen LogP contribution in [0.1, 0.15) is 11.1 Å². The summed E-state index contributed by atoms with van der Waals surface area (Å²) in [5.74, 6) is 1.19. The summed E-state index contributed by atoms with van der Waals surface area (Å²) in [7, 11) is 1.48. The molecule has 0 radical (unpaired) electrons. The van der Waals surface area contributed by atoms with Gasteiger partial charge in [-0.3, -0.25) is 0 Å². The maximum absolute atomic E-state index is 6.11. The Morgan fingerprint density at radius 2 is 1.68 bits per heavy atom.